The van der Waals surface area contributed by atoms with Crippen LogP contribution in [-0.4, -0.2) is 15.5 Å². The molecule has 0 bridgehead atoms. The molecule has 4 heteroatoms. The third kappa shape index (κ3) is 2.20. The highest BCUT2D eigenvalue weighted by Crippen LogP contribution is 2.22. The van der Waals surface area contributed by atoms with Crippen molar-refractivity contribution in [3.8, 4) is 11.4 Å². The average Bonchev–Trinajstić information content (AvgIpc) is 2.82. The van der Waals surface area contributed by atoms with Crippen LogP contribution in [0, 0.1) is 0 Å². The fourth-order valence-electron chi connectivity index (χ4n) is 2.02. The maximum absolute atomic E-state index is 10.9. The molecule has 0 N–H and O–H groups in total. The first kappa shape index (κ1) is 11.5. The molecule has 0 fully saturated rings. The zero-order valence-corrected chi connectivity index (χ0v) is 10.4. The molecule has 0 aliphatic rings. The van der Waals surface area contributed by atoms with Crippen molar-refractivity contribution in [2.24, 2.45) is 0 Å². The number of esters is 1. The van der Waals surface area contributed by atoms with Crippen LogP contribution >= 0.6 is 0 Å². The van der Waals surface area contributed by atoms with Gasteiger partial charge in [0, 0.05) is 18.7 Å². The quantitative estimate of drug-likeness (QED) is 0.520. The predicted octanol–water partition coefficient (Wildman–Crippen LogP) is 2.95. The first-order valence-corrected chi connectivity index (χ1v) is 5.95. The third-order valence-electron chi connectivity index (χ3n) is 2.81. The number of fused-ring (bicyclic) bond motifs is 1. The first-order chi connectivity index (χ1) is 9.24. The molecule has 0 aliphatic heterocycles. The van der Waals surface area contributed by atoms with Crippen LogP contribution in [0.5, 0.6) is 5.75 Å². The van der Waals surface area contributed by atoms with Gasteiger partial charge in [-0.25, -0.2) is 4.98 Å². The molecule has 0 radical (unpaired) electrons. The van der Waals surface area contributed by atoms with E-state index in [4.69, 9.17) is 4.74 Å². The maximum atomic E-state index is 10.9. The van der Waals surface area contributed by atoms with Crippen LogP contribution in [0.2, 0.25) is 0 Å². The van der Waals surface area contributed by atoms with Crippen LogP contribution in [0.25, 0.3) is 16.7 Å². The summed E-state index contributed by atoms with van der Waals surface area (Å²) in [6, 6.07) is 15.4. The van der Waals surface area contributed by atoms with Gasteiger partial charge in [0.05, 0.1) is 11.0 Å². The molecule has 3 rings (SSSR count). The summed E-state index contributed by atoms with van der Waals surface area (Å²) in [4.78, 5) is 15.3. The summed E-state index contributed by atoms with van der Waals surface area (Å²) in [7, 11) is 0. The van der Waals surface area contributed by atoms with Crippen molar-refractivity contribution >= 4 is 17.0 Å². The van der Waals surface area contributed by atoms with Gasteiger partial charge in [-0.05, 0) is 24.3 Å². The molecule has 0 aliphatic carbocycles. The van der Waals surface area contributed by atoms with E-state index < -0.39 is 0 Å². The van der Waals surface area contributed by atoms with Crippen molar-refractivity contribution in [1.82, 2.24) is 9.55 Å². The molecular weight excluding hydrogens is 240 g/mol. The molecule has 0 saturated carbocycles. The van der Waals surface area contributed by atoms with Gasteiger partial charge < -0.3 is 4.74 Å². The molecule has 1 aromatic heterocycles. The van der Waals surface area contributed by atoms with Crippen LogP contribution in [0.4, 0.5) is 0 Å². The zero-order valence-electron chi connectivity index (χ0n) is 10.4. The summed E-state index contributed by atoms with van der Waals surface area (Å²) in [5.74, 6) is 0.181. The molecule has 94 valence electrons. The van der Waals surface area contributed by atoms with Gasteiger partial charge in [-0.2, -0.15) is 0 Å². The summed E-state index contributed by atoms with van der Waals surface area (Å²) >= 11 is 0. The lowest BCUT2D eigenvalue weighted by atomic mass is 10.2. The molecule has 19 heavy (non-hydrogen) atoms. The molecule has 0 atom stereocenters. The Morgan fingerprint density at radius 1 is 1.16 bits per heavy atom. The van der Waals surface area contributed by atoms with E-state index in [0.717, 1.165) is 16.7 Å². The maximum Gasteiger partial charge on any atom is 0.308 e. The Labute approximate surface area is 110 Å². The second-order valence-electron chi connectivity index (χ2n) is 4.19. The van der Waals surface area contributed by atoms with E-state index in [2.05, 4.69) is 4.98 Å². The first-order valence-electron chi connectivity index (χ1n) is 5.95. The van der Waals surface area contributed by atoms with E-state index in [-0.39, 0.29) is 5.97 Å². The average molecular weight is 252 g/mol. The Morgan fingerprint density at radius 3 is 2.68 bits per heavy atom. The number of benzene rings is 2. The lowest BCUT2D eigenvalue weighted by molar-refractivity contribution is -0.131. The highest BCUT2D eigenvalue weighted by Gasteiger charge is 2.06. The highest BCUT2D eigenvalue weighted by molar-refractivity contribution is 5.80. The van der Waals surface area contributed by atoms with Gasteiger partial charge in [0.25, 0.3) is 0 Å². The Hall–Kier alpha value is -2.62. The standard InChI is InChI=1S/C15H12N2O2/c1-11(18)19-13-7-8-15-14(9-13)16-10-17(15)12-5-3-2-4-6-12/h2-10H,1H3. The largest absolute Gasteiger partial charge is 0.427 e. The van der Waals surface area contributed by atoms with Gasteiger partial charge in [0.1, 0.15) is 12.1 Å². The van der Waals surface area contributed by atoms with Crippen LogP contribution in [0.3, 0.4) is 0 Å². The number of imidazole rings is 1. The molecule has 3 aromatic rings. The third-order valence-corrected chi connectivity index (χ3v) is 2.81. The molecule has 2 aromatic carbocycles. The van der Waals surface area contributed by atoms with E-state index >= 15 is 0 Å². The molecule has 1 heterocycles. The number of hydrogen-bond donors (Lipinski definition) is 0. The summed E-state index contributed by atoms with van der Waals surface area (Å²) in [6.07, 6.45) is 1.76. The second kappa shape index (κ2) is 4.57. The van der Waals surface area contributed by atoms with Crippen LogP contribution in [0.15, 0.2) is 54.9 Å². The lowest BCUT2D eigenvalue weighted by Gasteiger charge is -2.04. The number of aromatic nitrogens is 2. The minimum absolute atomic E-state index is 0.332. The van der Waals surface area contributed by atoms with Gasteiger partial charge in [0.2, 0.25) is 0 Å². The lowest BCUT2D eigenvalue weighted by Crippen LogP contribution is -2.01. The van der Waals surface area contributed by atoms with Crippen molar-refractivity contribution in [3.63, 3.8) is 0 Å². The van der Waals surface area contributed by atoms with Crippen molar-refractivity contribution in [2.45, 2.75) is 6.92 Å². The van der Waals surface area contributed by atoms with E-state index in [1.165, 1.54) is 6.92 Å². The van der Waals surface area contributed by atoms with Crippen molar-refractivity contribution < 1.29 is 9.53 Å². The van der Waals surface area contributed by atoms with E-state index in [1.807, 2.05) is 41.0 Å². The summed E-state index contributed by atoms with van der Waals surface area (Å²) < 4.78 is 7.04. The van der Waals surface area contributed by atoms with Gasteiger partial charge >= 0.3 is 5.97 Å². The molecule has 4 nitrogen and oxygen atoms in total. The number of rotatable bonds is 2. The summed E-state index contributed by atoms with van der Waals surface area (Å²) in [5, 5.41) is 0. The van der Waals surface area contributed by atoms with Crippen molar-refractivity contribution in [3.05, 3.63) is 54.9 Å². The normalized spacial score (nSPS) is 10.6. The van der Waals surface area contributed by atoms with Gasteiger partial charge in [-0.3, -0.25) is 9.36 Å². The van der Waals surface area contributed by atoms with E-state index in [1.54, 1.807) is 18.5 Å². The Bertz CT molecular complexity index is 732. The Morgan fingerprint density at radius 2 is 1.95 bits per heavy atom. The van der Waals surface area contributed by atoms with Gasteiger partial charge in [-0.15, -0.1) is 0 Å². The van der Waals surface area contributed by atoms with Gasteiger partial charge in [0.15, 0.2) is 0 Å². The van der Waals surface area contributed by atoms with Crippen molar-refractivity contribution in [2.75, 3.05) is 0 Å². The molecule has 0 spiro atoms. The number of carbonyl (C=O) groups excluding carboxylic acids is 1. The summed E-state index contributed by atoms with van der Waals surface area (Å²) in [6.45, 7) is 1.38. The number of hydrogen-bond acceptors (Lipinski definition) is 3. The van der Waals surface area contributed by atoms with Gasteiger partial charge in [-0.1, -0.05) is 18.2 Å². The van der Waals surface area contributed by atoms with Crippen molar-refractivity contribution in [1.29, 1.82) is 0 Å². The zero-order chi connectivity index (χ0) is 13.2. The number of para-hydroxylation sites is 1. The number of nitrogens with zero attached hydrogens (tertiary/aromatic N) is 2. The fourth-order valence-corrected chi connectivity index (χ4v) is 2.02. The number of ether oxygens (including phenoxy) is 1. The van der Waals surface area contributed by atoms with Crippen LogP contribution in [0.1, 0.15) is 6.92 Å². The Balaban J connectivity index is 2.08. The van der Waals surface area contributed by atoms with Crippen LogP contribution < -0.4 is 4.74 Å². The topological polar surface area (TPSA) is 44.1 Å². The Kier molecular flexibility index (Phi) is 2.76. The highest BCUT2D eigenvalue weighted by atomic mass is 16.5. The van der Waals surface area contributed by atoms with Crippen LogP contribution in [-0.2, 0) is 4.79 Å². The fraction of sp³-hybridized carbons (Fsp3) is 0.0667. The molecule has 0 amide bonds. The second-order valence-corrected chi connectivity index (χ2v) is 4.19. The minimum atomic E-state index is -0.332. The van der Waals surface area contributed by atoms with E-state index in [0.29, 0.717) is 5.75 Å². The molecule has 0 saturated heterocycles. The monoisotopic (exact) mass is 252 g/mol. The minimum Gasteiger partial charge on any atom is -0.427 e. The SMILES string of the molecule is CC(=O)Oc1ccc2c(c1)ncn2-c1ccccc1. The van der Waals surface area contributed by atoms with E-state index in [9.17, 15) is 4.79 Å². The predicted molar refractivity (Wildman–Crippen MR) is 72.4 cm³/mol. The molecule has 0 unspecified atom stereocenters. The summed E-state index contributed by atoms with van der Waals surface area (Å²) in [5.41, 5.74) is 2.81. The molecular formula is C15H12N2O2. The smallest absolute Gasteiger partial charge is 0.308 e. The number of carbonyl (C=O) groups is 1.